The lowest BCUT2D eigenvalue weighted by atomic mass is 9.89. The first-order valence-corrected chi connectivity index (χ1v) is 11.5. The fourth-order valence-electron chi connectivity index (χ4n) is 5.49. The zero-order chi connectivity index (χ0) is 21.9. The Morgan fingerprint density at radius 3 is 2.88 bits per heavy atom. The number of nitrogens with zero attached hydrogens (tertiary/aromatic N) is 4. The zero-order valence-electron chi connectivity index (χ0n) is 18.2. The van der Waals surface area contributed by atoms with E-state index < -0.39 is 6.17 Å². The number of carbonyl (C=O) groups is 1. The normalized spacial score (nSPS) is 20.9. The van der Waals surface area contributed by atoms with E-state index in [1.54, 1.807) is 6.20 Å². The molecule has 0 unspecified atom stereocenters. The first-order chi connectivity index (χ1) is 15.5. The number of hydrogen-bond donors (Lipinski definition) is 1. The number of carbonyl (C=O) groups excluding carboxylic acids is 1. The summed E-state index contributed by atoms with van der Waals surface area (Å²) in [4.78, 5) is 21.4. The van der Waals surface area contributed by atoms with E-state index in [9.17, 15) is 9.18 Å². The van der Waals surface area contributed by atoms with Gasteiger partial charge in [-0.15, -0.1) is 0 Å². The molecule has 1 N–H and O–H groups in total. The number of amides is 1. The van der Waals surface area contributed by atoms with Crippen LogP contribution in [0.4, 0.5) is 4.39 Å². The Labute approximate surface area is 186 Å². The third-order valence-electron chi connectivity index (χ3n) is 7.30. The molecular weight excluding hydrogens is 405 g/mol. The van der Waals surface area contributed by atoms with Crippen molar-refractivity contribution in [3.8, 4) is 22.4 Å². The number of hydrogen-bond acceptors (Lipinski definition) is 4. The Balaban J connectivity index is 1.44. The Hall–Kier alpha value is -3.09. The number of aromatic nitrogens is 4. The summed E-state index contributed by atoms with van der Waals surface area (Å²) in [6, 6.07) is 3.89. The average molecular weight is 432 g/mol. The van der Waals surface area contributed by atoms with E-state index in [-0.39, 0.29) is 5.91 Å². The summed E-state index contributed by atoms with van der Waals surface area (Å²) in [7, 11) is 0. The lowest BCUT2D eigenvalue weighted by Crippen LogP contribution is -2.19. The quantitative estimate of drug-likeness (QED) is 0.645. The van der Waals surface area contributed by atoms with Crippen LogP contribution in [0.1, 0.15) is 72.5 Å². The number of nitrogens with one attached hydrogen (secondary N) is 1. The van der Waals surface area contributed by atoms with Gasteiger partial charge in [0, 0.05) is 35.6 Å². The predicted molar refractivity (Wildman–Crippen MR) is 119 cm³/mol. The van der Waals surface area contributed by atoms with Crippen LogP contribution in [-0.4, -0.2) is 25.7 Å². The van der Waals surface area contributed by atoms with Crippen LogP contribution in [0.15, 0.2) is 30.7 Å². The number of rotatable bonds is 4. The SMILES string of the molecule is CC1(Cn2cc(-c3cc4c(nc3-c3cnc5c(c3)C(=O)NC5)[C@@H](F)CC4)cn2)CCCC1. The molecule has 1 aliphatic heterocycles. The van der Waals surface area contributed by atoms with Crippen molar-refractivity contribution in [2.45, 2.75) is 64.7 Å². The number of halogens is 1. The predicted octanol–water partition coefficient (Wildman–Crippen LogP) is 4.79. The van der Waals surface area contributed by atoms with E-state index in [0.29, 0.717) is 41.8 Å². The lowest BCUT2D eigenvalue weighted by molar-refractivity contribution is 0.0966. The molecule has 164 valence electrons. The van der Waals surface area contributed by atoms with Gasteiger partial charge in [-0.1, -0.05) is 19.8 Å². The minimum absolute atomic E-state index is 0.127. The second kappa shape index (κ2) is 7.22. The van der Waals surface area contributed by atoms with Crippen molar-refractivity contribution in [2.24, 2.45) is 5.41 Å². The Bertz CT molecular complexity index is 1230. The molecule has 3 aromatic rings. The van der Waals surface area contributed by atoms with E-state index in [1.807, 2.05) is 16.9 Å². The summed E-state index contributed by atoms with van der Waals surface area (Å²) < 4.78 is 16.6. The minimum Gasteiger partial charge on any atom is -0.346 e. The van der Waals surface area contributed by atoms with Gasteiger partial charge in [-0.25, -0.2) is 9.37 Å². The van der Waals surface area contributed by atoms with Crippen molar-refractivity contribution in [3.05, 3.63) is 53.2 Å². The molecule has 1 atom stereocenters. The van der Waals surface area contributed by atoms with Gasteiger partial charge in [-0.3, -0.25) is 14.5 Å². The molecule has 0 radical (unpaired) electrons. The van der Waals surface area contributed by atoms with Gasteiger partial charge in [0.2, 0.25) is 0 Å². The third-order valence-corrected chi connectivity index (χ3v) is 7.30. The van der Waals surface area contributed by atoms with Crippen molar-refractivity contribution in [1.29, 1.82) is 0 Å². The molecule has 1 fully saturated rings. The van der Waals surface area contributed by atoms with Crippen molar-refractivity contribution in [2.75, 3.05) is 0 Å². The summed E-state index contributed by atoms with van der Waals surface area (Å²) in [5, 5.41) is 7.45. The van der Waals surface area contributed by atoms with Gasteiger partial charge in [0.1, 0.15) is 6.17 Å². The summed E-state index contributed by atoms with van der Waals surface area (Å²) in [6.45, 7) is 3.68. The maximum atomic E-state index is 14.5. The van der Waals surface area contributed by atoms with E-state index in [2.05, 4.69) is 34.6 Å². The van der Waals surface area contributed by atoms with Crippen LogP contribution in [0, 0.1) is 5.41 Å². The number of fused-ring (bicyclic) bond motifs is 2. The lowest BCUT2D eigenvalue weighted by Gasteiger charge is -2.23. The molecule has 0 saturated heterocycles. The van der Waals surface area contributed by atoms with Crippen molar-refractivity contribution < 1.29 is 9.18 Å². The first-order valence-electron chi connectivity index (χ1n) is 11.5. The molecule has 6 nitrogen and oxygen atoms in total. The molecule has 32 heavy (non-hydrogen) atoms. The van der Waals surface area contributed by atoms with Crippen LogP contribution >= 0.6 is 0 Å². The van der Waals surface area contributed by atoms with Crippen LogP contribution in [0.25, 0.3) is 22.4 Å². The summed E-state index contributed by atoms with van der Waals surface area (Å²) >= 11 is 0. The van der Waals surface area contributed by atoms with Crippen LogP contribution in [0.2, 0.25) is 0 Å². The minimum atomic E-state index is -1.05. The van der Waals surface area contributed by atoms with Gasteiger partial charge >= 0.3 is 0 Å². The smallest absolute Gasteiger partial charge is 0.253 e. The highest BCUT2D eigenvalue weighted by Crippen LogP contribution is 2.41. The second-order valence-electron chi connectivity index (χ2n) is 9.78. The molecule has 0 aromatic carbocycles. The van der Waals surface area contributed by atoms with E-state index in [4.69, 9.17) is 4.98 Å². The maximum Gasteiger partial charge on any atom is 0.253 e. The Kier molecular flexibility index (Phi) is 4.42. The van der Waals surface area contributed by atoms with E-state index in [1.165, 1.54) is 25.7 Å². The molecule has 4 heterocycles. The van der Waals surface area contributed by atoms with Crippen molar-refractivity contribution in [1.82, 2.24) is 25.1 Å². The number of pyridine rings is 2. The molecule has 2 aliphatic carbocycles. The number of alkyl halides is 1. The average Bonchev–Trinajstić information content (AvgIpc) is 3.57. The number of aryl methyl sites for hydroxylation is 1. The Morgan fingerprint density at radius 2 is 2.03 bits per heavy atom. The van der Waals surface area contributed by atoms with Gasteiger partial charge in [0.15, 0.2) is 0 Å². The topological polar surface area (TPSA) is 72.7 Å². The molecule has 6 rings (SSSR count). The van der Waals surface area contributed by atoms with E-state index in [0.717, 1.165) is 34.5 Å². The summed E-state index contributed by atoms with van der Waals surface area (Å²) in [6.07, 6.45) is 10.8. The molecule has 0 spiro atoms. The van der Waals surface area contributed by atoms with Gasteiger partial charge in [-0.2, -0.15) is 5.10 Å². The monoisotopic (exact) mass is 431 g/mol. The maximum absolute atomic E-state index is 14.5. The Morgan fingerprint density at radius 1 is 1.19 bits per heavy atom. The molecule has 3 aliphatic rings. The van der Waals surface area contributed by atoms with Crippen LogP contribution in [-0.2, 0) is 19.5 Å². The standard InChI is InChI=1S/C25H26FN5O/c1-25(6-2-3-7-25)14-31-13-17(11-29-31)18-8-15-4-5-20(26)23(15)30-22(18)16-9-19-21(27-10-16)12-28-24(19)32/h8-11,13,20H,2-7,12,14H2,1H3,(H,28,32)/t20-/m0/s1. The molecule has 1 amide bonds. The van der Waals surface area contributed by atoms with Gasteiger partial charge in [0.25, 0.3) is 5.91 Å². The van der Waals surface area contributed by atoms with Gasteiger partial charge in [0.05, 0.1) is 35.4 Å². The van der Waals surface area contributed by atoms with Crippen molar-refractivity contribution in [3.63, 3.8) is 0 Å². The third kappa shape index (κ3) is 3.22. The fourth-order valence-corrected chi connectivity index (χ4v) is 5.49. The van der Waals surface area contributed by atoms with Crippen LogP contribution in [0.3, 0.4) is 0 Å². The zero-order valence-corrected chi connectivity index (χ0v) is 18.2. The van der Waals surface area contributed by atoms with Crippen molar-refractivity contribution >= 4 is 5.91 Å². The van der Waals surface area contributed by atoms with Crippen LogP contribution < -0.4 is 5.32 Å². The van der Waals surface area contributed by atoms with Gasteiger partial charge < -0.3 is 5.32 Å². The molecule has 1 saturated carbocycles. The highest BCUT2D eigenvalue weighted by molar-refractivity contribution is 5.99. The van der Waals surface area contributed by atoms with E-state index >= 15 is 0 Å². The van der Waals surface area contributed by atoms with Crippen LogP contribution in [0.5, 0.6) is 0 Å². The summed E-state index contributed by atoms with van der Waals surface area (Å²) in [5.41, 5.74) is 6.34. The second-order valence-corrected chi connectivity index (χ2v) is 9.78. The molecular formula is C25H26FN5O. The highest BCUT2D eigenvalue weighted by Gasteiger charge is 2.30. The molecule has 7 heteroatoms. The fraction of sp³-hybridized carbons (Fsp3) is 0.440. The molecule has 3 aromatic heterocycles. The molecule has 0 bridgehead atoms. The first kappa shape index (κ1) is 19.6. The largest absolute Gasteiger partial charge is 0.346 e. The van der Waals surface area contributed by atoms with Gasteiger partial charge in [-0.05, 0) is 48.8 Å². The highest BCUT2D eigenvalue weighted by atomic mass is 19.1. The summed E-state index contributed by atoms with van der Waals surface area (Å²) in [5.74, 6) is -0.127.